The Labute approximate surface area is 125 Å². The van der Waals surface area contributed by atoms with E-state index in [0.29, 0.717) is 25.5 Å². The molecule has 1 amide bonds. The number of carbonyl (C=O) groups is 1. The van der Waals surface area contributed by atoms with Gasteiger partial charge < -0.3 is 9.64 Å². The molecule has 1 atom stereocenters. The van der Waals surface area contributed by atoms with Gasteiger partial charge in [0.2, 0.25) is 5.91 Å². The number of hydrogen-bond donors (Lipinski definition) is 0. The standard InChI is InChI=1S/C18H21NO2/c1-21-9-8-19-13-15(12-18(19)20)10-14-6-7-16-4-2-3-5-17(16)11-14/h2-7,11,15H,8-10,12-13H2,1H3/t15-/m0/s1. The fraction of sp³-hybridized carbons (Fsp3) is 0.389. The number of rotatable bonds is 5. The topological polar surface area (TPSA) is 29.5 Å². The van der Waals surface area contributed by atoms with Crippen LogP contribution in [0.15, 0.2) is 42.5 Å². The van der Waals surface area contributed by atoms with Crippen LogP contribution in [0, 0.1) is 5.92 Å². The van der Waals surface area contributed by atoms with Crippen molar-refractivity contribution in [2.75, 3.05) is 26.8 Å². The summed E-state index contributed by atoms with van der Waals surface area (Å²) in [5, 5.41) is 2.54. The van der Waals surface area contributed by atoms with Gasteiger partial charge in [-0.3, -0.25) is 4.79 Å². The van der Waals surface area contributed by atoms with E-state index in [1.165, 1.54) is 16.3 Å². The summed E-state index contributed by atoms with van der Waals surface area (Å²) in [6.45, 7) is 2.19. The maximum absolute atomic E-state index is 12.0. The molecule has 3 nitrogen and oxygen atoms in total. The van der Waals surface area contributed by atoms with Gasteiger partial charge in [-0.1, -0.05) is 42.5 Å². The van der Waals surface area contributed by atoms with Crippen LogP contribution in [0.2, 0.25) is 0 Å². The van der Waals surface area contributed by atoms with E-state index < -0.39 is 0 Å². The van der Waals surface area contributed by atoms with Crippen molar-refractivity contribution in [1.82, 2.24) is 4.90 Å². The smallest absolute Gasteiger partial charge is 0.223 e. The number of likely N-dealkylation sites (tertiary alicyclic amines) is 1. The van der Waals surface area contributed by atoms with Crippen LogP contribution in [0.25, 0.3) is 10.8 Å². The van der Waals surface area contributed by atoms with Gasteiger partial charge in [0.1, 0.15) is 0 Å². The molecule has 1 heterocycles. The predicted octanol–water partition coefficient (Wildman–Crippen LogP) is 2.88. The number of methoxy groups -OCH3 is 1. The number of ether oxygens (including phenoxy) is 1. The first-order chi connectivity index (χ1) is 10.3. The van der Waals surface area contributed by atoms with Crippen molar-refractivity contribution in [3.63, 3.8) is 0 Å². The first kappa shape index (κ1) is 14.1. The molecule has 0 aromatic heterocycles. The van der Waals surface area contributed by atoms with Gasteiger partial charge in [-0.2, -0.15) is 0 Å². The number of benzene rings is 2. The quantitative estimate of drug-likeness (QED) is 0.844. The lowest BCUT2D eigenvalue weighted by Gasteiger charge is -2.16. The lowest BCUT2D eigenvalue weighted by Crippen LogP contribution is -2.28. The van der Waals surface area contributed by atoms with Crippen molar-refractivity contribution in [2.24, 2.45) is 5.92 Å². The van der Waals surface area contributed by atoms with Gasteiger partial charge in [0, 0.05) is 26.6 Å². The first-order valence-corrected chi connectivity index (χ1v) is 7.50. The lowest BCUT2D eigenvalue weighted by atomic mass is 9.96. The highest BCUT2D eigenvalue weighted by atomic mass is 16.5. The van der Waals surface area contributed by atoms with Crippen LogP contribution in [0.4, 0.5) is 0 Å². The van der Waals surface area contributed by atoms with Crippen molar-refractivity contribution < 1.29 is 9.53 Å². The van der Waals surface area contributed by atoms with Crippen LogP contribution < -0.4 is 0 Å². The van der Waals surface area contributed by atoms with E-state index in [9.17, 15) is 4.79 Å². The van der Waals surface area contributed by atoms with Gasteiger partial charge in [0.05, 0.1) is 6.61 Å². The van der Waals surface area contributed by atoms with Crippen LogP contribution >= 0.6 is 0 Å². The summed E-state index contributed by atoms with van der Waals surface area (Å²) < 4.78 is 5.06. The summed E-state index contributed by atoms with van der Waals surface area (Å²) in [6, 6.07) is 15.0. The Morgan fingerprint density at radius 3 is 2.81 bits per heavy atom. The van der Waals surface area contributed by atoms with Crippen molar-refractivity contribution in [3.8, 4) is 0 Å². The van der Waals surface area contributed by atoms with Gasteiger partial charge in [-0.25, -0.2) is 0 Å². The van der Waals surface area contributed by atoms with E-state index in [1.807, 2.05) is 4.90 Å². The third-order valence-corrected chi connectivity index (χ3v) is 4.20. The highest BCUT2D eigenvalue weighted by molar-refractivity contribution is 5.83. The van der Waals surface area contributed by atoms with Crippen molar-refractivity contribution in [2.45, 2.75) is 12.8 Å². The molecule has 0 aliphatic carbocycles. The Balaban J connectivity index is 1.67. The van der Waals surface area contributed by atoms with E-state index in [1.54, 1.807) is 7.11 Å². The fourth-order valence-electron chi connectivity index (χ4n) is 3.11. The lowest BCUT2D eigenvalue weighted by molar-refractivity contribution is -0.128. The molecule has 0 bridgehead atoms. The molecule has 1 aliphatic rings. The second-order valence-electron chi connectivity index (χ2n) is 5.79. The molecule has 0 unspecified atom stereocenters. The molecule has 110 valence electrons. The molecular weight excluding hydrogens is 262 g/mol. The zero-order valence-electron chi connectivity index (χ0n) is 12.4. The SMILES string of the molecule is COCCN1C[C@@H](Cc2ccc3ccccc3c2)CC1=O. The molecule has 0 spiro atoms. The largest absolute Gasteiger partial charge is 0.383 e. The van der Waals surface area contributed by atoms with E-state index >= 15 is 0 Å². The predicted molar refractivity (Wildman–Crippen MR) is 84.2 cm³/mol. The molecular formula is C18H21NO2. The van der Waals surface area contributed by atoms with Gasteiger partial charge in [-0.15, -0.1) is 0 Å². The Morgan fingerprint density at radius 1 is 1.19 bits per heavy atom. The summed E-state index contributed by atoms with van der Waals surface area (Å²) >= 11 is 0. The molecule has 1 saturated heterocycles. The molecule has 0 N–H and O–H groups in total. The molecule has 3 rings (SSSR count). The minimum absolute atomic E-state index is 0.262. The average Bonchev–Trinajstić information content (AvgIpc) is 2.84. The molecule has 2 aromatic rings. The zero-order chi connectivity index (χ0) is 14.7. The second-order valence-corrected chi connectivity index (χ2v) is 5.79. The zero-order valence-corrected chi connectivity index (χ0v) is 12.4. The Kier molecular flexibility index (Phi) is 4.20. The Hall–Kier alpha value is -1.87. The monoisotopic (exact) mass is 283 g/mol. The highest BCUT2D eigenvalue weighted by Gasteiger charge is 2.29. The van der Waals surface area contributed by atoms with Crippen LogP contribution in [0.5, 0.6) is 0 Å². The third kappa shape index (κ3) is 3.24. The summed E-state index contributed by atoms with van der Waals surface area (Å²) in [5.74, 6) is 0.688. The van der Waals surface area contributed by atoms with E-state index in [0.717, 1.165) is 13.0 Å². The summed E-state index contributed by atoms with van der Waals surface area (Å²) in [7, 11) is 1.67. The Bertz CT molecular complexity index is 638. The minimum Gasteiger partial charge on any atom is -0.383 e. The molecule has 21 heavy (non-hydrogen) atoms. The highest BCUT2D eigenvalue weighted by Crippen LogP contribution is 2.24. The van der Waals surface area contributed by atoms with Crippen molar-refractivity contribution in [3.05, 3.63) is 48.0 Å². The minimum atomic E-state index is 0.262. The van der Waals surface area contributed by atoms with E-state index in [2.05, 4.69) is 42.5 Å². The van der Waals surface area contributed by atoms with Gasteiger partial charge in [-0.05, 0) is 28.7 Å². The average molecular weight is 283 g/mol. The molecule has 0 saturated carbocycles. The summed E-state index contributed by atoms with van der Waals surface area (Å²) in [6.07, 6.45) is 1.64. The summed E-state index contributed by atoms with van der Waals surface area (Å²) in [4.78, 5) is 13.9. The molecule has 3 heteroatoms. The van der Waals surface area contributed by atoms with Crippen LogP contribution in [-0.2, 0) is 16.0 Å². The number of hydrogen-bond acceptors (Lipinski definition) is 2. The number of amides is 1. The molecule has 1 fully saturated rings. The number of fused-ring (bicyclic) bond motifs is 1. The third-order valence-electron chi connectivity index (χ3n) is 4.20. The molecule has 1 aliphatic heterocycles. The molecule has 0 radical (unpaired) electrons. The first-order valence-electron chi connectivity index (χ1n) is 7.50. The van der Waals surface area contributed by atoms with Crippen LogP contribution in [0.1, 0.15) is 12.0 Å². The normalized spacial score (nSPS) is 18.6. The van der Waals surface area contributed by atoms with Gasteiger partial charge in [0.15, 0.2) is 0 Å². The fourth-order valence-corrected chi connectivity index (χ4v) is 3.11. The van der Waals surface area contributed by atoms with Crippen molar-refractivity contribution in [1.29, 1.82) is 0 Å². The number of nitrogens with zero attached hydrogens (tertiary/aromatic N) is 1. The Morgan fingerprint density at radius 2 is 2.00 bits per heavy atom. The second kappa shape index (κ2) is 6.27. The number of carbonyl (C=O) groups excluding carboxylic acids is 1. The van der Waals surface area contributed by atoms with E-state index in [-0.39, 0.29) is 5.91 Å². The van der Waals surface area contributed by atoms with Crippen LogP contribution in [-0.4, -0.2) is 37.6 Å². The van der Waals surface area contributed by atoms with Crippen LogP contribution in [0.3, 0.4) is 0 Å². The molecule has 2 aromatic carbocycles. The maximum Gasteiger partial charge on any atom is 0.223 e. The van der Waals surface area contributed by atoms with Gasteiger partial charge >= 0.3 is 0 Å². The summed E-state index contributed by atoms with van der Waals surface area (Å²) in [5.41, 5.74) is 1.32. The van der Waals surface area contributed by atoms with E-state index in [4.69, 9.17) is 4.74 Å². The maximum atomic E-state index is 12.0. The van der Waals surface area contributed by atoms with Crippen molar-refractivity contribution >= 4 is 16.7 Å². The van der Waals surface area contributed by atoms with Gasteiger partial charge in [0.25, 0.3) is 0 Å².